The molecule has 1 unspecified atom stereocenters. The van der Waals surface area contributed by atoms with Crippen LogP contribution in [-0.4, -0.2) is 27.5 Å². The molecule has 0 aliphatic carbocycles. The first kappa shape index (κ1) is 17.2. The van der Waals surface area contributed by atoms with Crippen LogP contribution in [0, 0.1) is 13.8 Å². The molecule has 26 heavy (non-hydrogen) atoms. The van der Waals surface area contributed by atoms with E-state index in [1.54, 1.807) is 0 Å². The van der Waals surface area contributed by atoms with Crippen molar-refractivity contribution >= 4 is 28.8 Å². The predicted octanol–water partition coefficient (Wildman–Crippen LogP) is 5.05. The number of carbonyl (C=O) groups excluding carboxylic acids is 1. The normalized spacial score (nSPS) is 17.0. The number of nitrogens with zero attached hydrogens (tertiary/aromatic N) is 3. The highest BCUT2D eigenvalue weighted by Gasteiger charge is 2.34. The van der Waals surface area contributed by atoms with E-state index >= 15 is 0 Å². The molecule has 0 bridgehead atoms. The molecule has 5 nitrogen and oxygen atoms in total. The summed E-state index contributed by atoms with van der Waals surface area (Å²) < 4.78 is 5.41. The Morgan fingerprint density at radius 3 is 2.92 bits per heavy atom. The summed E-state index contributed by atoms with van der Waals surface area (Å²) in [5.74, 6) is 0.760. The fourth-order valence-corrected chi connectivity index (χ4v) is 4.53. The summed E-state index contributed by atoms with van der Waals surface area (Å²) in [7, 11) is 0. The minimum Gasteiger partial charge on any atom is -0.359 e. The first-order valence-electron chi connectivity index (χ1n) is 8.50. The molecule has 3 heterocycles. The molecule has 3 aromatic rings. The van der Waals surface area contributed by atoms with Gasteiger partial charge in [0.15, 0.2) is 5.76 Å². The lowest BCUT2D eigenvalue weighted by molar-refractivity contribution is 0.0718. The highest BCUT2D eigenvalue weighted by molar-refractivity contribution is 7.17. The van der Waals surface area contributed by atoms with E-state index < -0.39 is 0 Å². The zero-order valence-corrected chi connectivity index (χ0v) is 16.1. The molecule has 2 aromatic heterocycles. The van der Waals surface area contributed by atoms with Crippen LogP contribution in [0.3, 0.4) is 0 Å². The average Bonchev–Trinajstić information content (AvgIpc) is 3.33. The van der Waals surface area contributed by atoms with Gasteiger partial charge >= 0.3 is 0 Å². The van der Waals surface area contributed by atoms with E-state index in [9.17, 15) is 4.79 Å². The molecule has 0 radical (unpaired) electrons. The van der Waals surface area contributed by atoms with Gasteiger partial charge in [0.05, 0.1) is 17.4 Å². The van der Waals surface area contributed by atoms with E-state index in [-0.39, 0.29) is 11.9 Å². The van der Waals surface area contributed by atoms with Crippen molar-refractivity contribution in [3.05, 3.63) is 57.4 Å². The molecule has 1 aliphatic rings. The van der Waals surface area contributed by atoms with Crippen molar-refractivity contribution in [3.8, 4) is 10.6 Å². The number of halogens is 1. The second-order valence-corrected chi connectivity index (χ2v) is 7.91. The first-order valence-corrected chi connectivity index (χ1v) is 9.70. The van der Waals surface area contributed by atoms with Crippen LogP contribution in [0.25, 0.3) is 10.6 Å². The lowest BCUT2D eigenvalue weighted by Crippen LogP contribution is -2.30. The standard InChI is InChI=1S/C19H18ClN3O2S/c1-11-9-16(25-22-11)15-7-4-8-23(15)19(24)17-12(2)21-18(26-17)13-5-3-6-14(20)10-13/h3,5-6,9-10,15H,4,7-8H2,1-2H3. The summed E-state index contributed by atoms with van der Waals surface area (Å²) in [6.45, 7) is 4.48. The van der Waals surface area contributed by atoms with Gasteiger partial charge in [0, 0.05) is 23.2 Å². The Kier molecular flexibility index (Phi) is 4.54. The van der Waals surface area contributed by atoms with Crippen LogP contribution in [0.15, 0.2) is 34.9 Å². The molecule has 1 aromatic carbocycles. The smallest absolute Gasteiger partial charge is 0.266 e. The maximum absolute atomic E-state index is 13.2. The molecule has 1 saturated heterocycles. The minimum atomic E-state index is -0.0557. The van der Waals surface area contributed by atoms with Gasteiger partial charge in [-0.3, -0.25) is 4.79 Å². The highest BCUT2D eigenvalue weighted by atomic mass is 35.5. The van der Waals surface area contributed by atoms with Crippen molar-refractivity contribution < 1.29 is 9.32 Å². The fourth-order valence-electron chi connectivity index (χ4n) is 3.32. The van der Waals surface area contributed by atoms with Gasteiger partial charge in [-0.25, -0.2) is 4.98 Å². The van der Waals surface area contributed by atoms with Gasteiger partial charge in [-0.1, -0.05) is 28.9 Å². The van der Waals surface area contributed by atoms with Gasteiger partial charge in [-0.15, -0.1) is 11.3 Å². The highest BCUT2D eigenvalue weighted by Crippen LogP contribution is 2.36. The Hall–Kier alpha value is -2.18. The van der Waals surface area contributed by atoms with Crippen LogP contribution < -0.4 is 0 Å². The van der Waals surface area contributed by atoms with Crippen LogP contribution in [0.4, 0.5) is 0 Å². The number of aromatic nitrogens is 2. The van der Waals surface area contributed by atoms with E-state index in [4.69, 9.17) is 16.1 Å². The molecule has 134 valence electrons. The van der Waals surface area contributed by atoms with E-state index in [1.807, 2.05) is 49.1 Å². The van der Waals surface area contributed by atoms with Crippen LogP contribution in [0.1, 0.15) is 45.7 Å². The zero-order valence-electron chi connectivity index (χ0n) is 14.5. The minimum absolute atomic E-state index is 0.00447. The summed E-state index contributed by atoms with van der Waals surface area (Å²) in [4.78, 5) is 20.3. The summed E-state index contributed by atoms with van der Waals surface area (Å²) in [5, 5.41) is 5.42. The maximum atomic E-state index is 13.2. The monoisotopic (exact) mass is 387 g/mol. The van der Waals surface area contributed by atoms with Gasteiger partial charge in [-0.05, 0) is 38.8 Å². The van der Waals surface area contributed by atoms with Gasteiger partial charge in [0.25, 0.3) is 5.91 Å². The van der Waals surface area contributed by atoms with Crippen molar-refractivity contribution in [1.29, 1.82) is 0 Å². The Morgan fingerprint density at radius 2 is 2.19 bits per heavy atom. The maximum Gasteiger partial charge on any atom is 0.266 e. The van der Waals surface area contributed by atoms with E-state index in [0.717, 1.165) is 40.6 Å². The Balaban J connectivity index is 1.64. The molecule has 1 atom stereocenters. The topological polar surface area (TPSA) is 59.2 Å². The molecule has 4 rings (SSSR count). The summed E-state index contributed by atoms with van der Waals surface area (Å²) >= 11 is 7.49. The fraction of sp³-hybridized carbons (Fsp3) is 0.316. The molecular formula is C19H18ClN3O2S. The molecule has 1 aliphatic heterocycles. The van der Waals surface area contributed by atoms with Crippen LogP contribution >= 0.6 is 22.9 Å². The second kappa shape index (κ2) is 6.85. The SMILES string of the molecule is Cc1cc(C2CCCN2C(=O)c2sc(-c3cccc(Cl)c3)nc2C)on1. The quantitative estimate of drug-likeness (QED) is 0.631. The van der Waals surface area contributed by atoms with Crippen LogP contribution in [0.2, 0.25) is 5.02 Å². The van der Waals surface area contributed by atoms with Gasteiger partial charge in [-0.2, -0.15) is 0 Å². The molecule has 0 spiro atoms. The molecule has 0 N–H and O–H groups in total. The lowest BCUT2D eigenvalue weighted by atomic mass is 10.1. The third kappa shape index (κ3) is 3.15. The second-order valence-electron chi connectivity index (χ2n) is 6.47. The number of rotatable bonds is 3. The third-order valence-electron chi connectivity index (χ3n) is 4.55. The molecule has 1 amide bonds. The van der Waals surface area contributed by atoms with Crippen LogP contribution in [-0.2, 0) is 0 Å². The van der Waals surface area contributed by atoms with E-state index in [0.29, 0.717) is 16.4 Å². The number of aryl methyl sites for hydroxylation is 2. The number of benzene rings is 1. The van der Waals surface area contributed by atoms with Crippen molar-refractivity contribution in [2.24, 2.45) is 0 Å². The first-order chi connectivity index (χ1) is 12.5. The van der Waals surface area contributed by atoms with E-state index in [2.05, 4.69) is 10.1 Å². The third-order valence-corrected chi connectivity index (χ3v) is 5.98. The predicted molar refractivity (Wildman–Crippen MR) is 102 cm³/mol. The van der Waals surface area contributed by atoms with Crippen molar-refractivity contribution in [2.75, 3.05) is 6.54 Å². The number of carbonyl (C=O) groups is 1. The summed E-state index contributed by atoms with van der Waals surface area (Å²) in [6.07, 6.45) is 1.84. The van der Waals surface area contributed by atoms with Crippen LogP contribution in [0.5, 0.6) is 0 Å². The Bertz CT molecular complexity index is 965. The van der Waals surface area contributed by atoms with Crippen molar-refractivity contribution in [3.63, 3.8) is 0 Å². The molecule has 0 saturated carbocycles. The zero-order chi connectivity index (χ0) is 18.3. The number of hydrogen-bond acceptors (Lipinski definition) is 5. The van der Waals surface area contributed by atoms with Gasteiger partial charge < -0.3 is 9.42 Å². The summed E-state index contributed by atoms with van der Waals surface area (Å²) in [5.41, 5.74) is 2.50. The Labute approximate surface area is 160 Å². The van der Waals surface area contributed by atoms with Crippen molar-refractivity contribution in [1.82, 2.24) is 15.0 Å². The van der Waals surface area contributed by atoms with Gasteiger partial charge in [0.1, 0.15) is 9.88 Å². The molecular weight excluding hydrogens is 370 g/mol. The number of thiazole rings is 1. The number of amides is 1. The van der Waals surface area contributed by atoms with E-state index in [1.165, 1.54) is 11.3 Å². The largest absolute Gasteiger partial charge is 0.359 e. The molecule has 1 fully saturated rings. The summed E-state index contributed by atoms with van der Waals surface area (Å²) in [6, 6.07) is 9.38. The lowest BCUT2D eigenvalue weighted by Gasteiger charge is -2.22. The number of hydrogen-bond donors (Lipinski definition) is 0. The van der Waals surface area contributed by atoms with Crippen molar-refractivity contribution in [2.45, 2.75) is 32.7 Å². The number of likely N-dealkylation sites (tertiary alicyclic amines) is 1. The Morgan fingerprint density at radius 1 is 1.35 bits per heavy atom. The average molecular weight is 388 g/mol. The van der Waals surface area contributed by atoms with Gasteiger partial charge in [0.2, 0.25) is 0 Å². The molecule has 7 heteroatoms.